The van der Waals surface area contributed by atoms with E-state index in [0.717, 1.165) is 35.9 Å². The second-order valence-corrected chi connectivity index (χ2v) is 8.42. The average molecular weight is 369 g/mol. The Morgan fingerprint density at radius 1 is 1.24 bits per heavy atom. The van der Waals surface area contributed by atoms with Crippen molar-refractivity contribution in [3.05, 3.63) is 23.8 Å². The molecule has 1 aromatic carbocycles. The van der Waals surface area contributed by atoms with Gasteiger partial charge in [-0.15, -0.1) is 0 Å². The van der Waals surface area contributed by atoms with Crippen molar-refractivity contribution in [1.82, 2.24) is 9.21 Å². The Labute approximate surface area is 149 Å². The van der Waals surface area contributed by atoms with E-state index in [4.69, 9.17) is 0 Å². The number of aliphatic hydroxyl groups is 1. The van der Waals surface area contributed by atoms with Crippen molar-refractivity contribution in [3.8, 4) is 0 Å². The van der Waals surface area contributed by atoms with Crippen LogP contribution in [0.2, 0.25) is 0 Å². The third-order valence-electron chi connectivity index (χ3n) is 4.46. The van der Waals surface area contributed by atoms with Gasteiger partial charge in [-0.3, -0.25) is 4.79 Å². The van der Waals surface area contributed by atoms with Crippen LogP contribution in [0.4, 0.5) is 5.69 Å². The molecule has 1 aliphatic rings. The molecule has 1 aliphatic heterocycles. The third kappa shape index (κ3) is 4.13. The van der Waals surface area contributed by atoms with Gasteiger partial charge in [0.15, 0.2) is 0 Å². The van der Waals surface area contributed by atoms with Gasteiger partial charge in [-0.1, -0.05) is 0 Å². The van der Waals surface area contributed by atoms with Crippen LogP contribution < -0.4 is 4.90 Å². The lowest BCUT2D eigenvalue weighted by molar-refractivity contribution is 0.0732. The summed E-state index contributed by atoms with van der Waals surface area (Å²) in [5.41, 5.74) is 1.14. The summed E-state index contributed by atoms with van der Waals surface area (Å²) in [5, 5.41) is 9.19. The quantitative estimate of drug-likeness (QED) is 0.775. The second-order valence-electron chi connectivity index (χ2n) is 6.27. The standard InChI is InChI=1S/C17H27N3O4S/c1-4-19(11-12-21)17(22)15-13-14(25(23,24)18(2)3)7-8-16(15)20-9-5-6-10-20/h7-8,13,21H,4-6,9-12H2,1-3H3. The van der Waals surface area contributed by atoms with Gasteiger partial charge in [0.25, 0.3) is 5.91 Å². The molecule has 25 heavy (non-hydrogen) atoms. The van der Waals surface area contributed by atoms with Crippen molar-refractivity contribution in [2.24, 2.45) is 0 Å². The van der Waals surface area contributed by atoms with E-state index in [9.17, 15) is 18.3 Å². The molecule has 140 valence electrons. The maximum Gasteiger partial charge on any atom is 0.256 e. The van der Waals surface area contributed by atoms with Gasteiger partial charge < -0.3 is 14.9 Å². The number of rotatable bonds is 7. The summed E-state index contributed by atoms with van der Waals surface area (Å²) in [5.74, 6) is -0.255. The molecule has 8 heteroatoms. The number of amides is 1. The smallest absolute Gasteiger partial charge is 0.256 e. The van der Waals surface area contributed by atoms with E-state index in [1.54, 1.807) is 12.1 Å². The van der Waals surface area contributed by atoms with Crippen LogP contribution in [-0.2, 0) is 10.0 Å². The van der Waals surface area contributed by atoms with E-state index in [0.29, 0.717) is 12.1 Å². The maximum atomic E-state index is 13.0. The fraction of sp³-hybridized carbons (Fsp3) is 0.588. The first-order chi connectivity index (χ1) is 11.8. The van der Waals surface area contributed by atoms with Crippen LogP contribution in [0.3, 0.4) is 0 Å². The van der Waals surface area contributed by atoms with Crippen LogP contribution in [0.1, 0.15) is 30.1 Å². The van der Waals surface area contributed by atoms with Crippen molar-refractivity contribution < 1.29 is 18.3 Å². The van der Waals surface area contributed by atoms with Gasteiger partial charge in [-0.05, 0) is 38.0 Å². The summed E-state index contributed by atoms with van der Waals surface area (Å²) in [6.45, 7) is 4.08. The predicted octanol–water partition coefficient (Wildman–Crippen LogP) is 0.991. The summed E-state index contributed by atoms with van der Waals surface area (Å²) in [7, 11) is -0.688. The first kappa shape index (κ1) is 19.7. The maximum absolute atomic E-state index is 13.0. The van der Waals surface area contributed by atoms with E-state index in [2.05, 4.69) is 4.90 Å². The summed E-state index contributed by atoms with van der Waals surface area (Å²) in [6.07, 6.45) is 2.11. The molecule has 1 N–H and O–H groups in total. The molecular weight excluding hydrogens is 342 g/mol. The summed E-state index contributed by atoms with van der Waals surface area (Å²) >= 11 is 0. The molecule has 0 aromatic heterocycles. The molecule has 0 saturated carbocycles. The number of aliphatic hydroxyl groups excluding tert-OH is 1. The normalized spacial score (nSPS) is 15.0. The Morgan fingerprint density at radius 2 is 1.88 bits per heavy atom. The van der Waals surface area contributed by atoms with E-state index in [1.807, 2.05) is 6.92 Å². The summed E-state index contributed by atoms with van der Waals surface area (Å²) in [6, 6.07) is 4.75. The first-order valence-corrected chi connectivity index (χ1v) is 9.98. The van der Waals surface area contributed by atoms with Gasteiger partial charge in [0, 0.05) is 46.0 Å². The molecule has 0 radical (unpaired) electrons. The zero-order chi connectivity index (χ0) is 18.6. The van der Waals surface area contributed by atoms with Gasteiger partial charge in [0.05, 0.1) is 17.1 Å². The van der Waals surface area contributed by atoms with Crippen molar-refractivity contribution in [2.75, 3.05) is 51.8 Å². The number of carbonyl (C=O) groups excluding carboxylic acids is 1. The minimum Gasteiger partial charge on any atom is -0.395 e. The van der Waals surface area contributed by atoms with Gasteiger partial charge in [0.2, 0.25) is 10.0 Å². The molecule has 0 spiro atoms. The molecule has 0 bridgehead atoms. The number of nitrogens with zero attached hydrogens (tertiary/aromatic N) is 3. The Kier molecular flexibility index (Phi) is 6.42. The number of hydrogen-bond donors (Lipinski definition) is 1. The molecule has 7 nitrogen and oxygen atoms in total. The van der Waals surface area contributed by atoms with Crippen LogP contribution >= 0.6 is 0 Å². The van der Waals surface area contributed by atoms with Crippen molar-refractivity contribution >= 4 is 21.6 Å². The predicted molar refractivity (Wildman–Crippen MR) is 97.4 cm³/mol. The number of benzene rings is 1. The molecule has 0 atom stereocenters. The van der Waals surface area contributed by atoms with E-state index in [-0.39, 0.29) is 24.0 Å². The fourth-order valence-electron chi connectivity index (χ4n) is 2.99. The monoisotopic (exact) mass is 369 g/mol. The Hall–Kier alpha value is -1.64. The lowest BCUT2D eigenvalue weighted by Crippen LogP contribution is -2.35. The van der Waals surface area contributed by atoms with E-state index >= 15 is 0 Å². The van der Waals surface area contributed by atoms with Crippen molar-refractivity contribution in [1.29, 1.82) is 0 Å². The number of sulfonamides is 1. The molecule has 0 unspecified atom stereocenters. The highest BCUT2D eigenvalue weighted by Gasteiger charge is 2.26. The lowest BCUT2D eigenvalue weighted by atomic mass is 10.1. The molecule has 2 rings (SSSR count). The highest BCUT2D eigenvalue weighted by atomic mass is 32.2. The minimum atomic E-state index is -3.62. The molecule has 1 saturated heterocycles. The van der Waals surface area contributed by atoms with Crippen LogP contribution in [0.15, 0.2) is 23.1 Å². The van der Waals surface area contributed by atoms with Crippen LogP contribution in [0.25, 0.3) is 0 Å². The van der Waals surface area contributed by atoms with Gasteiger partial charge in [-0.25, -0.2) is 12.7 Å². The van der Waals surface area contributed by atoms with Crippen molar-refractivity contribution in [3.63, 3.8) is 0 Å². The second kappa shape index (κ2) is 8.16. The first-order valence-electron chi connectivity index (χ1n) is 8.54. The van der Waals surface area contributed by atoms with Gasteiger partial charge >= 0.3 is 0 Å². The molecule has 1 amide bonds. The molecule has 1 heterocycles. The molecule has 0 aliphatic carbocycles. The van der Waals surface area contributed by atoms with Crippen LogP contribution in [-0.4, -0.2) is 75.5 Å². The van der Waals surface area contributed by atoms with Crippen LogP contribution in [0, 0.1) is 0 Å². The number of carbonyl (C=O) groups is 1. The molecular formula is C17H27N3O4S. The SMILES string of the molecule is CCN(CCO)C(=O)c1cc(S(=O)(=O)N(C)C)ccc1N1CCCC1. The Morgan fingerprint density at radius 3 is 2.40 bits per heavy atom. The topological polar surface area (TPSA) is 81.2 Å². The highest BCUT2D eigenvalue weighted by Crippen LogP contribution is 2.29. The zero-order valence-corrected chi connectivity index (χ0v) is 15.9. The third-order valence-corrected chi connectivity index (χ3v) is 6.27. The van der Waals surface area contributed by atoms with Gasteiger partial charge in [-0.2, -0.15) is 0 Å². The molecule has 1 fully saturated rings. The highest BCUT2D eigenvalue weighted by molar-refractivity contribution is 7.89. The Balaban J connectivity index is 2.53. The van der Waals surface area contributed by atoms with E-state index < -0.39 is 10.0 Å². The molecule has 1 aromatic rings. The number of anilines is 1. The fourth-order valence-corrected chi connectivity index (χ4v) is 3.91. The van der Waals surface area contributed by atoms with Gasteiger partial charge in [0.1, 0.15) is 0 Å². The van der Waals surface area contributed by atoms with Crippen LogP contribution in [0.5, 0.6) is 0 Å². The average Bonchev–Trinajstić information content (AvgIpc) is 3.12. The van der Waals surface area contributed by atoms with E-state index in [1.165, 1.54) is 25.1 Å². The minimum absolute atomic E-state index is 0.101. The largest absolute Gasteiger partial charge is 0.395 e. The Bertz CT molecular complexity index is 713. The zero-order valence-electron chi connectivity index (χ0n) is 15.1. The summed E-state index contributed by atoms with van der Waals surface area (Å²) in [4.78, 5) is 16.7. The lowest BCUT2D eigenvalue weighted by Gasteiger charge is -2.26. The summed E-state index contributed by atoms with van der Waals surface area (Å²) < 4.78 is 26.0. The van der Waals surface area contributed by atoms with Crippen molar-refractivity contribution in [2.45, 2.75) is 24.7 Å². The number of hydrogen-bond acceptors (Lipinski definition) is 5. The number of likely N-dealkylation sites (N-methyl/N-ethyl adjacent to an activating group) is 1.